The number of ether oxygens (including phenoxy) is 1. The second kappa shape index (κ2) is 5.87. The first-order valence-electron chi connectivity index (χ1n) is 7.87. The maximum atomic E-state index is 13.8. The van der Waals surface area contributed by atoms with Crippen LogP contribution in [0, 0.1) is 15.9 Å². The molecule has 4 rings (SSSR count). The average molecular weight is 366 g/mol. The molecule has 1 aliphatic heterocycles. The lowest BCUT2D eigenvalue weighted by Crippen LogP contribution is -2.02. The molecule has 0 unspecified atom stereocenters. The maximum Gasteiger partial charge on any atom is 0.347 e. The molecule has 1 aliphatic rings. The molecular weight excluding hydrogens is 355 g/mol. The number of rotatable bonds is 3. The van der Waals surface area contributed by atoms with Gasteiger partial charge in [-0.05, 0) is 23.8 Å². The highest BCUT2D eigenvalue weighted by Gasteiger charge is 2.36. The van der Waals surface area contributed by atoms with Gasteiger partial charge in [0.25, 0.3) is 5.69 Å². The Hall–Kier alpha value is -3.81. The number of aryl methyl sites for hydroxylation is 1. The van der Waals surface area contributed by atoms with Crippen LogP contribution in [0.1, 0.15) is 11.1 Å². The largest absolute Gasteiger partial charge is 0.386 e. The molecule has 27 heavy (non-hydrogen) atoms. The van der Waals surface area contributed by atoms with Crippen molar-refractivity contribution in [3.05, 3.63) is 75.7 Å². The van der Waals surface area contributed by atoms with E-state index in [2.05, 4.69) is 0 Å². The smallest absolute Gasteiger partial charge is 0.347 e. The fraction of sp³-hybridized carbons (Fsp3) is 0.0526. The van der Waals surface area contributed by atoms with Gasteiger partial charge in [0.2, 0.25) is 0 Å². The number of nitro groups is 1. The van der Waals surface area contributed by atoms with E-state index >= 15 is 0 Å². The summed E-state index contributed by atoms with van der Waals surface area (Å²) >= 11 is 0. The van der Waals surface area contributed by atoms with Crippen molar-refractivity contribution in [2.24, 2.45) is 7.05 Å². The monoisotopic (exact) mass is 366 g/mol. The van der Waals surface area contributed by atoms with Gasteiger partial charge in [0.05, 0.1) is 16.1 Å². The molecule has 1 aromatic heterocycles. The zero-order valence-corrected chi connectivity index (χ0v) is 13.9. The molecule has 0 spiro atoms. The van der Waals surface area contributed by atoms with E-state index in [-0.39, 0.29) is 22.4 Å². The molecular formula is C19H11FN2O5. The molecule has 0 aliphatic carbocycles. The Morgan fingerprint density at radius 3 is 2.56 bits per heavy atom. The lowest BCUT2D eigenvalue weighted by Gasteiger charge is -2.03. The molecule has 8 heteroatoms. The summed E-state index contributed by atoms with van der Waals surface area (Å²) < 4.78 is 20.2. The number of esters is 2. The molecule has 0 saturated heterocycles. The minimum absolute atomic E-state index is 0.0447. The van der Waals surface area contributed by atoms with Crippen molar-refractivity contribution in [2.45, 2.75) is 0 Å². The van der Waals surface area contributed by atoms with E-state index in [0.717, 1.165) is 0 Å². The summed E-state index contributed by atoms with van der Waals surface area (Å²) in [5.41, 5.74) is 0.810. The van der Waals surface area contributed by atoms with Gasteiger partial charge in [0.15, 0.2) is 0 Å². The third kappa shape index (κ3) is 2.58. The second-order valence-corrected chi connectivity index (χ2v) is 6.05. The van der Waals surface area contributed by atoms with Crippen LogP contribution in [-0.4, -0.2) is 21.4 Å². The molecule has 0 radical (unpaired) electrons. The minimum atomic E-state index is -0.899. The Kier molecular flexibility index (Phi) is 3.62. The lowest BCUT2D eigenvalue weighted by atomic mass is 9.95. The van der Waals surface area contributed by atoms with Crippen LogP contribution in [-0.2, 0) is 21.4 Å². The van der Waals surface area contributed by atoms with Gasteiger partial charge in [-0.25, -0.2) is 14.0 Å². The number of non-ortho nitro benzene ring substituents is 1. The number of halogens is 1. The molecule has 2 aromatic carbocycles. The van der Waals surface area contributed by atoms with E-state index in [4.69, 9.17) is 4.74 Å². The third-order valence-electron chi connectivity index (χ3n) is 4.41. The molecule has 0 atom stereocenters. The predicted molar refractivity (Wildman–Crippen MR) is 93.9 cm³/mol. The number of hydrogen-bond acceptors (Lipinski definition) is 5. The van der Waals surface area contributed by atoms with E-state index in [1.807, 2.05) is 0 Å². The first-order chi connectivity index (χ1) is 12.9. The molecule has 0 saturated carbocycles. The van der Waals surface area contributed by atoms with Crippen LogP contribution in [0.2, 0.25) is 0 Å². The first kappa shape index (κ1) is 16.6. The van der Waals surface area contributed by atoms with Crippen molar-refractivity contribution in [2.75, 3.05) is 0 Å². The standard InChI is InChI=1S/C19H11FN2O5/c1-21-9-14(13-8-11(20)5-6-15(13)21)17-16(18(23)27-19(17)24)10-3-2-4-12(7-10)22(25)26/h2-9H,1H3. The van der Waals surface area contributed by atoms with Gasteiger partial charge >= 0.3 is 11.9 Å². The number of nitrogens with zero attached hydrogens (tertiary/aromatic N) is 2. The van der Waals surface area contributed by atoms with E-state index < -0.39 is 22.7 Å². The fourth-order valence-electron chi connectivity index (χ4n) is 3.24. The summed E-state index contributed by atoms with van der Waals surface area (Å²) in [5, 5.41) is 11.5. The highest BCUT2D eigenvalue weighted by Crippen LogP contribution is 2.38. The Bertz CT molecular complexity index is 1190. The van der Waals surface area contributed by atoms with Crippen LogP contribution < -0.4 is 0 Å². The average Bonchev–Trinajstić information content (AvgIpc) is 3.10. The number of cyclic esters (lactones) is 2. The molecule has 0 N–H and O–H groups in total. The van der Waals surface area contributed by atoms with Crippen LogP contribution in [0.3, 0.4) is 0 Å². The third-order valence-corrected chi connectivity index (χ3v) is 4.41. The van der Waals surface area contributed by atoms with Crippen molar-refractivity contribution in [3.8, 4) is 0 Å². The van der Waals surface area contributed by atoms with Crippen molar-refractivity contribution < 1.29 is 23.6 Å². The van der Waals surface area contributed by atoms with Gasteiger partial charge in [-0.15, -0.1) is 0 Å². The van der Waals surface area contributed by atoms with Gasteiger partial charge in [-0.2, -0.15) is 0 Å². The summed E-state index contributed by atoms with van der Waals surface area (Å²) in [5.74, 6) is -2.27. The van der Waals surface area contributed by atoms with E-state index in [9.17, 15) is 24.1 Å². The Labute approximate surface area is 151 Å². The highest BCUT2D eigenvalue weighted by atomic mass is 19.1. The van der Waals surface area contributed by atoms with Gasteiger partial charge < -0.3 is 9.30 Å². The van der Waals surface area contributed by atoms with Gasteiger partial charge in [0, 0.05) is 41.8 Å². The zero-order valence-electron chi connectivity index (χ0n) is 13.9. The van der Waals surface area contributed by atoms with Crippen LogP contribution >= 0.6 is 0 Å². The summed E-state index contributed by atoms with van der Waals surface area (Å²) in [6.45, 7) is 0. The van der Waals surface area contributed by atoms with Crippen LogP contribution in [0.25, 0.3) is 22.0 Å². The van der Waals surface area contributed by atoms with Crippen LogP contribution in [0.4, 0.5) is 10.1 Å². The summed E-state index contributed by atoms with van der Waals surface area (Å²) in [6, 6.07) is 9.48. The van der Waals surface area contributed by atoms with Gasteiger partial charge in [0.1, 0.15) is 5.82 Å². The molecule has 2 heterocycles. The van der Waals surface area contributed by atoms with E-state index in [1.165, 1.54) is 36.4 Å². The Morgan fingerprint density at radius 2 is 1.81 bits per heavy atom. The molecule has 0 fully saturated rings. The summed E-state index contributed by atoms with van der Waals surface area (Å²) in [7, 11) is 1.72. The highest BCUT2D eigenvalue weighted by molar-refractivity contribution is 6.45. The molecule has 3 aromatic rings. The Balaban J connectivity index is 2.03. The maximum absolute atomic E-state index is 13.8. The van der Waals surface area contributed by atoms with E-state index in [0.29, 0.717) is 16.5 Å². The van der Waals surface area contributed by atoms with E-state index in [1.54, 1.807) is 23.9 Å². The van der Waals surface area contributed by atoms with Crippen LogP contribution in [0.5, 0.6) is 0 Å². The Morgan fingerprint density at radius 1 is 1.07 bits per heavy atom. The second-order valence-electron chi connectivity index (χ2n) is 6.05. The number of nitro benzene ring substituents is 1. The zero-order chi connectivity index (χ0) is 19.3. The number of benzene rings is 2. The molecule has 0 bridgehead atoms. The molecule has 7 nitrogen and oxygen atoms in total. The number of fused-ring (bicyclic) bond motifs is 1. The normalized spacial score (nSPS) is 14.1. The minimum Gasteiger partial charge on any atom is -0.386 e. The SMILES string of the molecule is Cn1cc(C2=C(c3cccc([N+](=O)[O-])c3)C(=O)OC2=O)c2cc(F)ccc21. The van der Waals surface area contributed by atoms with Crippen molar-refractivity contribution >= 4 is 39.7 Å². The molecule has 134 valence electrons. The predicted octanol–water partition coefficient (Wildman–Crippen LogP) is 3.22. The van der Waals surface area contributed by atoms with Crippen LogP contribution in [0.15, 0.2) is 48.7 Å². The first-order valence-corrected chi connectivity index (χ1v) is 7.87. The number of carbonyl (C=O) groups is 2. The fourth-order valence-corrected chi connectivity index (χ4v) is 3.24. The lowest BCUT2D eigenvalue weighted by molar-refractivity contribution is -0.384. The molecule has 0 amide bonds. The van der Waals surface area contributed by atoms with Crippen molar-refractivity contribution in [3.63, 3.8) is 0 Å². The summed E-state index contributed by atoms with van der Waals surface area (Å²) in [6.07, 6.45) is 1.59. The number of hydrogen-bond donors (Lipinski definition) is 0. The van der Waals surface area contributed by atoms with Gasteiger partial charge in [-0.3, -0.25) is 10.1 Å². The quantitative estimate of drug-likeness (QED) is 0.307. The van der Waals surface area contributed by atoms with Crippen molar-refractivity contribution in [1.29, 1.82) is 0 Å². The van der Waals surface area contributed by atoms with Crippen molar-refractivity contribution in [1.82, 2.24) is 4.57 Å². The number of carbonyl (C=O) groups excluding carboxylic acids is 2. The number of aromatic nitrogens is 1. The van der Waals surface area contributed by atoms with Gasteiger partial charge in [-0.1, -0.05) is 12.1 Å². The summed E-state index contributed by atoms with van der Waals surface area (Å²) in [4.78, 5) is 35.1. The topological polar surface area (TPSA) is 91.4 Å².